The molecule has 0 amide bonds. The van der Waals surface area contributed by atoms with Crippen molar-refractivity contribution in [1.29, 1.82) is 0 Å². The van der Waals surface area contributed by atoms with Crippen LogP contribution in [-0.2, 0) is 10.0 Å². The number of ether oxygens (including phenoxy) is 2. The number of methoxy groups -OCH3 is 2. The molecule has 7 nitrogen and oxygen atoms in total. The molecule has 0 bridgehead atoms. The van der Waals surface area contributed by atoms with Gasteiger partial charge in [0.2, 0.25) is 0 Å². The Bertz CT molecular complexity index is 1410. The van der Waals surface area contributed by atoms with E-state index >= 15 is 0 Å². The molecular weight excluding hydrogens is 492 g/mol. The van der Waals surface area contributed by atoms with Gasteiger partial charge in [-0.2, -0.15) is 0 Å². The van der Waals surface area contributed by atoms with Crippen LogP contribution in [0.5, 0.6) is 11.5 Å². The van der Waals surface area contributed by atoms with Gasteiger partial charge in [0.05, 0.1) is 19.1 Å². The van der Waals surface area contributed by atoms with Crippen LogP contribution in [0.2, 0.25) is 0 Å². The summed E-state index contributed by atoms with van der Waals surface area (Å²) in [4.78, 5) is 17.7. The van der Waals surface area contributed by atoms with E-state index in [2.05, 4.69) is 9.71 Å². The molecule has 0 saturated heterocycles. The zero-order chi connectivity index (χ0) is 24.1. The van der Waals surface area contributed by atoms with Gasteiger partial charge in [-0.05, 0) is 53.9 Å². The first-order valence-corrected chi connectivity index (χ1v) is 13.2. The maximum absolute atomic E-state index is 12.7. The third-order valence-electron chi connectivity index (χ3n) is 4.86. The van der Waals surface area contributed by atoms with Crippen LogP contribution in [0.4, 0.5) is 5.13 Å². The number of anilines is 1. The SMILES string of the molecule is COc1cc(OC)c(-c2cccs2)cc1/C=C/C(=O)c1ccc(S(=O)(=O)Nc2nccs2)cc1. The van der Waals surface area contributed by atoms with E-state index in [-0.39, 0.29) is 15.8 Å². The average Bonchev–Trinajstić information content (AvgIpc) is 3.56. The number of carbonyl (C=O) groups excluding carboxylic acids is 1. The summed E-state index contributed by atoms with van der Waals surface area (Å²) in [6.45, 7) is 0. The molecule has 0 fully saturated rings. The van der Waals surface area contributed by atoms with Crippen LogP contribution >= 0.6 is 22.7 Å². The van der Waals surface area contributed by atoms with Crippen molar-refractivity contribution in [2.75, 3.05) is 18.9 Å². The number of benzene rings is 2. The molecule has 0 atom stereocenters. The Morgan fingerprint density at radius 1 is 1.00 bits per heavy atom. The van der Waals surface area contributed by atoms with E-state index in [0.29, 0.717) is 22.6 Å². The number of carbonyl (C=O) groups is 1. The highest BCUT2D eigenvalue weighted by Gasteiger charge is 2.16. The van der Waals surface area contributed by atoms with Crippen molar-refractivity contribution in [3.05, 3.63) is 82.7 Å². The van der Waals surface area contributed by atoms with E-state index in [1.54, 1.807) is 43.1 Å². The number of hydrogen-bond donors (Lipinski definition) is 1. The predicted molar refractivity (Wildman–Crippen MR) is 136 cm³/mol. The predicted octanol–water partition coefficient (Wildman–Crippen LogP) is 5.59. The normalized spacial score (nSPS) is 11.5. The molecule has 174 valence electrons. The van der Waals surface area contributed by atoms with Crippen molar-refractivity contribution in [2.24, 2.45) is 0 Å². The van der Waals surface area contributed by atoms with E-state index in [9.17, 15) is 13.2 Å². The summed E-state index contributed by atoms with van der Waals surface area (Å²) in [6, 6.07) is 13.4. The van der Waals surface area contributed by atoms with Gasteiger partial charge in [0, 0.05) is 39.2 Å². The average molecular weight is 513 g/mol. The molecule has 4 aromatic rings. The third kappa shape index (κ3) is 5.19. The Hall–Kier alpha value is -3.47. The summed E-state index contributed by atoms with van der Waals surface area (Å²) in [5.74, 6) is 0.967. The van der Waals surface area contributed by atoms with E-state index in [1.807, 2.05) is 23.6 Å². The molecule has 34 heavy (non-hydrogen) atoms. The highest BCUT2D eigenvalue weighted by molar-refractivity contribution is 7.93. The zero-order valence-corrected chi connectivity index (χ0v) is 20.7. The highest BCUT2D eigenvalue weighted by atomic mass is 32.2. The van der Waals surface area contributed by atoms with E-state index < -0.39 is 10.0 Å². The van der Waals surface area contributed by atoms with Crippen LogP contribution in [0.3, 0.4) is 0 Å². The zero-order valence-electron chi connectivity index (χ0n) is 18.2. The minimum Gasteiger partial charge on any atom is -0.496 e. The topological polar surface area (TPSA) is 94.6 Å². The van der Waals surface area contributed by atoms with Crippen molar-refractivity contribution < 1.29 is 22.7 Å². The summed E-state index contributed by atoms with van der Waals surface area (Å²) in [5.41, 5.74) is 1.97. The number of hydrogen-bond acceptors (Lipinski definition) is 8. The lowest BCUT2D eigenvalue weighted by molar-refractivity contribution is 0.104. The molecule has 0 unspecified atom stereocenters. The first-order chi connectivity index (χ1) is 16.4. The summed E-state index contributed by atoms with van der Waals surface area (Å²) in [5, 5.41) is 3.93. The van der Waals surface area contributed by atoms with Crippen molar-refractivity contribution >= 4 is 49.7 Å². The van der Waals surface area contributed by atoms with Crippen LogP contribution in [-0.4, -0.2) is 33.4 Å². The van der Waals surface area contributed by atoms with E-state index in [0.717, 1.165) is 10.4 Å². The maximum atomic E-state index is 12.7. The molecule has 0 spiro atoms. The Labute approximate surface area is 205 Å². The molecule has 0 radical (unpaired) electrons. The fourth-order valence-corrected chi connectivity index (χ4v) is 5.72. The van der Waals surface area contributed by atoms with Crippen molar-refractivity contribution in [3.8, 4) is 21.9 Å². The lowest BCUT2D eigenvalue weighted by atomic mass is 10.0. The van der Waals surface area contributed by atoms with Gasteiger partial charge >= 0.3 is 0 Å². The quantitative estimate of drug-likeness (QED) is 0.232. The summed E-state index contributed by atoms with van der Waals surface area (Å²) < 4.78 is 38.3. The van der Waals surface area contributed by atoms with Gasteiger partial charge in [0.1, 0.15) is 11.5 Å². The monoisotopic (exact) mass is 512 g/mol. The molecule has 0 saturated carbocycles. The Balaban J connectivity index is 1.56. The minimum absolute atomic E-state index is 0.0423. The van der Waals surface area contributed by atoms with E-state index in [1.165, 1.54) is 47.9 Å². The number of thiophene rings is 1. The van der Waals surface area contributed by atoms with Crippen molar-refractivity contribution in [2.45, 2.75) is 4.90 Å². The summed E-state index contributed by atoms with van der Waals surface area (Å²) >= 11 is 2.76. The molecule has 0 aliphatic rings. The maximum Gasteiger partial charge on any atom is 0.263 e. The fraction of sp³-hybridized carbons (Fsp3) is 0.0833. The van der Waals surface area contributed by atoms with Crippen LogP contribution in [0.1, 0.15) is 15.9 Å². The number of nitrogens with zero attached hydrogens (tertiary/aromatic N) is 1. The number of nitrogens with one attached hydrogen (secondary N) is 1. The molecular formula is C24H20N2O5S3. The number of rotatable bonds is 9. The largest absolute Gasteiger partial charge is 0.496 e. The van der Waals surface area contributed by atoms with Gasteiger partial charge in [-0.1, -0.05) is 6.07 Å². The van der Waals surface area contributed by atoms with Gasteiger partial charge in [-0.15, -0.1) is 22.7 Å². The molecule has 1 N–H and O–H groups in total. The number of aromatic nitrogens is 1. The lowest BCUT2D eigenvalue weighted by Crippen LogP contribution is -2.12. The summed E-state index contributed by atoms with van der Waals surface area (Å²) in [7, 11) is -0.630. The smallest absolute Gasteiger partial charge is 0.263 e. The summed E-state index contributed by atoms with van der Waals surface area (Å²) in [6.07, 6.45) is 4.62. The Morgan fingerprint density at radius 3 is 2.38 bits per heavy atom. The van der Waals surface area contributed by atoms with Gasteiger partial charge in [0.15, 0.2) is 10.9 Å². The van der Waals surface area contributed by atoms with Gasteiger partial charge < -0.3 is 9.47 Å². The lowest BCUT2D eigenvalue weighted by Gasteiger charge is -2.12. The molecule has 2 heterocycles. The fourth-order valence-electron chi connectivity index (χ4n) is 3.19. The van der Waals surface area contributed by atoms with Crippen LogP contribution in [0.25, 0.3) is 16.5 Å². The van der Waals surface area contributed by atoms with Gasteiger partial charge in [0.25, 0.3) is 10.0 Å². The third-order valence-corrected chi connectivity index (χ3v) is 7.93. The second-order valence-corrected chi connectivity index (χ2v) is 10.5. The van der Waals surface area contributed by atoms with Crippen LogP contribution in [0.15, 0.2) is 76.5 Å². The van der Waals surface area contributed by atoms with Crippen LogP contribution < -0.4 is 14.2 Å². The van der Waals surface area contributed by atoms with Gasteiger partial charge in [-0.25, -0.2) is 13.4 Å². The number of thiazole rings is 1. The molecule has 0 aliphatic heterocycles. The van der Waals surface area contributed by atoms with Crippen molar-refractivity contribution in [3.63, 3.8) is 0 Å². The first-order valence-electron chi connectivity index (χ1n) is 9.96. The van der Waals surface area contributed by atoms with E-state index in [4.69, 9.17) is 9.47 Å². The van der Waals surface area contributed by atoms with Crippen LogP contribution in [0, 0.1) is 0 Å². The highest BCUT2D eigenvalue weighted by Crippen LogP contribution is 2.38. The number of allylic oxidation sites excluding steroid dienone is 1. The number of sulfonamides is 1. The molecule has 4 rings (SSSR count). The van der Waals surface area contributed by atoms with Gasteiger partial charge in [-0.3, -0.25) is 9.52 Å². The standard InChI is InChI=1S/C24H20N2O5S3/c1-30-21-15-22(31-2)19(23-4-3-12-32-23)14-17(21)7-10-20(27)16-5-8-18(9-6-16)34(28,29)26-24-25-11-13-33-24/h3-15H,1-2H3,(H,25,26)/b10-7+. The first kappa shape index (κ1) is 23.7. The molecule has 2 aromatic heterocycles. The Kier molecular flexibility index (Phi) is 7.11. The molecule has 10 heteroatoms. The van der Waals surface area contributed by atoms with Crippen molar-refractivity contribution in [1.82, 2.24) is 4.98 Å². The second kappa shape index (κ2) is 10.2. The minimum atomic E-state index is -3.78. The molecule has 0 aliphatic carbocycles. The second-order valence-electron chi connectivity index (χ2n) is 6.94. The molecule has 2 aromatic carbocycles. The number of ketones is 1. The Morgan fingerprint density at radius 2 is 1.76 bits per heavy atom.